The van der Waals surface area contributed by atoms with Crippen LogP contribution in [0.5, 0.6) is 17.2 Å². The maximum Gasteiger partial charge on any atom is 0.300 e. The van der Waals surface area contributed by atoms with E-state index in [1.807, 2.05) is 32.9 Å². The molecule has 0 spiro atoms. The molecule has 1 fully saturated rings. The second kappa shape index (κ2) is 10.6. The Kier molecular flexibility index (Phi) is 7.29. The van der Waals surface area contributed by atoms with Gasteiger partial charge >= 0.3 is 0 Å². The fourth-order valence-corrected chi connectivity index (χ4v) is 4.31. The highest BCUT2D eigenvalue weighted by Gasteiger charge is 2.47. The first-order valence-electron chi connectivity index (χ1n) is 11.8. The first-order chi connectivity index (χ1) is 17.4. The third kappa shape index (κ3) is 4.64. The standard InChI is InChI=1S/C29H29NO6/c1-5-35-22-14-15-23(24(17-22)36-6-2)27(31)25-26(19-8-7-9-21(16-19)34-4)30(29(33)28(25)32)20-12-10-18(3)11-13-20/h7-17,26,31H,5-6H2,1-4H3/b27-25-. The van der Waals surface area contributed by atoms with Crippen LogP contribution in [-0.4, -0.2) is 37.1 Å². The number of amides is 1. The van der Waals surface area contributed by atoms with E-state index < -0.39 is 17.7 Å². The summed E-state index contributed by atoms with van der Waals surface area (Å²) in [5.74, 6) is -0.330. The zero-order chi connectivity index (χ0) is 25.8. The van der Waals surface area contributed by atoms with Crippen molar-refractivity contribution >= 4 is 23.1 Å². The summed E-state index contributed by atoms with van der Waals surface area (Å²) in [6.07, 6.45) is 0. The minimum absolute atomic E-state index is 0.0288. The Morgan fingerprint density at radius 2 is 1.64 bits per heavy atom. The fourth-order valence-electron chi connectivity index (χ4n) is 4.31. The van der Waals surface area contributed by atoms with Crippen LogP contribution < -0.4 is 19.1 Å². The molecule has 186 valence electrons. The highest BCUT2D eigenvalue weighted by Crippen LogP contribution is 2.44. The third-order valence-electron chi connectivity index (χ3n) is 5.99. The molecule has 0 aromatic heterocycles. The highest BCUT2D eigenvalue weighted by atomic mass is 16.5. The number of anilines is 1. The third-order valence-corrected chi connectivity index (χ3v) is 5.99. The molecule has 1 amide bonds. The molecule has 1 aliphatic rings. The first kappa shape index (κ1) is 24.9. The first-order valence-corrected chi connectivity index (χ1v) is 11.8. The quantitative estimate of drug-likeness (QED) is 0.259. The van der Waals surface area contributed by atoms with E-state index in [-0.39, 0.29) is 11.3 Å². The van der Waals surface area contributed by atoms with Crippen LogP contribution in [0.25, 0.3) is 5.76 Å². The number of carbonyl (C=O) groups excluding carboxylic acids is 2. The summed E-state index contributed by atoms with van der Waals surface area (Å²) < 4.78 is 16.7. The van der Waals surface area contributed by atoms with E-state index in [0.717, 1.165) is 5.56 Å². The average molecular weight is 488 g/mol. The lowest BCUT2D eigenvalue weighted by molar-refractivity contribution is -0.132. The lowest BCUT2D eigenvalue weighted by atomic mass is 9.94. The molecule has 0 aliphatic carbocycles. The van der Waals surface area contributed by atoms with Crippen molar-refractivity contribution in [3.63, 3.8) is 0 Å². The van der Waals surface area contributed by atoms with Gasteiger partial charge in [0, 0.05) is 11.8 Å². The SMILES string of the molecule is CCOc1ccc(/C(O)=C2/C(=O)C(=O)N(c3ccc(C)cc3)C2c2cccc(OC)c2)c(OCC)c1. The van der Waals surface area contributed by atoms with Gasteiger partial charge in [0.05, 0.1) is 37.5 Å². The Bertz CT molecular complexity index is 1310. The van der Waals surface area contributed by atoms with Gasteiger partial charge in [0.15, 0.2) is 0 Å². The average Bonchev–Trinajstić information content (AvgIpc) is 3.15. The Labute approximate surface area is 210 Å². The molecule has 1 atom stereocenters. The van der Waals surface area contributed by atoms with Crippen LogP contribution >= 0.6 is 0 Å². The summed E-state index contributed by atoms with van der Waals surface area (Å²) in [7, 11) is 1.55. The molecule has 1 N–H and O–H groups in total. The van der Waals surface area contributed by atoms with Gasteiger partial charge in [-0.15, -0.1) is 0 Å². The number of rotatable bonds is 8. The predicted octanol–water partition coefficient (Wildman–Crippen LogP) is 5.43. The molecule has 3 aromatic rings. The maximum atomic E-state index is 13.4. The van der Waals surface area contributed by atoms with Gasteiger partial charge in [0.2, 0.25) is 0 Å². The summed E-state index contributed by atoms with van der Waals surface area (Å²) in [6, 6.07) is 18.6. The minimum Gasteiger partial charge on any atom is -0.507 e. The van der Waals surface area contributed by atoms with E-state index in [9.17, 15) is 14.7 Å². The van der Waals surface area contributed by atoms with Gasteiger partial charge in [-0.3, -0.25) is 14.5 Å². The van der Waals surface area contributed by atoms with E-state index in [1.54, 1.807) is 61.7 Å². The van der Waals surface area contributed by atoms with Crippen LogP contribution in [0, 0.1) is 6.92 Å². The number of carbonyl (C=O) groups is 2. The van der Waals surface area contributed by atoms with Crippen LogP contribution in [0.4, 0.5) is 5.69 Å². The Morgan fingerprint density at radius 1 is 0.917 bits per heavy atom. The number of hydrogen-bond donors (Lipinski definition) is 1. The molecule has 0 bridgehead atoms. The number of aliphatic hydroxyl groups is 1. The number of aryl methyl sites for hydroxylation is 1. The molecular weight excluding hydrogens is 458 g/mol. The molecule has 1 unspecified atom stereocenters. The van der Waals surface area contributed by atoms with Gasteiger partial charge in [0.1, 0.15) is 23.0 Å². The largest absolute Gasteiger partial charge is 0.507 e. The molecule has 4 rings (SSSR count). The van der Waals surface area contributed by atoms with Crippen LogP contribution in [0.2, 0.25) is 0 Å². The van der Waals surface area contributed by atoms with Gasteiger partial charge in [-0.25, -0.2) is 0 Å². The molecule has 7 heteroatoms. The van der Waals surface area contributed by atoms with E-state index >= 15 is 0 Å². The zero-order valence-corrected chi connectivity index (χ0v) is 20.8. The highest BCUT2D eigenvalue weighted by molar-refractivity contribution is 6.51. The summed E-state index contributed by atoms with van der Waals surface area (Å²) >= 11 is 0. The van der Waals surface area contributed by atoms with Crippen LogP contribution in [0.3, 0.4) is 0 Å². The minimum atomic E-state index is -0.871. The number of benzene rings is 3. The van der Waals surface area contributed by atoms with Gasteiger partial charge in [-0.05, 0) is 62.7 Å². The second-order valence-electron chi connectivity index (χ2n) is 8.31. The van der Waals surface area contributed by atoms with Crippen molar-refractivity contribution in [3.8, 4) is 17.2 Å². The van der Waals surface area contributed by atoms with Crippen molar-refractivity contribution in [1.82, 2.24) is 0 Å². The van der Waals surface area contributed by atoms with E-state index in [0.29, 0.717) is 47.3 Å². The molecule has 0 radical (unpaired) electrons. The van der Waals surface area contributed by atoms with Crippen molar-refractivity contribution in [2.75, 3.05) is 25.2 Å². The lowest BCUT2D eigenvalue weighted by Gasteiger charge is -2.26. The number of hydrogen-bond acceptors (Lipinski definition) is 6. The predicted molar refractivity (Wildman–Crippen MR) is 138 cm³/mol. The molecule has 0 saturated carbocycles. The number of ketones is 1. The molecule has 1 saturated heterocycles. The van der Waals surface area contributed by atoms with Gasteiger partial charge < -0.3 is 19.3 Å². The normalized spacial score (nSPS) is 16.8. The van der Waals surface area contributed by atoms with Crippen LogP contribution in [0.1, 0.15) is 36.6 Å². The maximum absolute atomic E-state index is 13.4. The van der Waals surface area contributed by atoms with E-state index in [1.165, 1.54) is 4.90 Å². The van der Waals surface area contributed by atoms with Crippen molar-refractivity contribution in [3.05, 3.63) is 89.0 Å². The van der Waals surface area contributed by atoms with Gasteiger partial charge in [0.25, 0.3) is 11.7 Å². The number of methoxy groups -OCH3 is 1. The molecule has 36 heavy (non-hydrogen) atoms. The van der Waals surface area contributed by atoms with Crippen molar-refractivity contribution in [2.45, 2.75) is 26.8 Å². The molecular formula is C29H29NO6. The topological polar surface area (TPSA) is 85.3 Å². The van der Waals surface area contributed by atoms with Crippen molar-refractivity contribution in [1.29, 1.82) is 0 Å². The molecule has 1 heterocycles. The molecule has 7 nitrogen and oxygen atoms in total. The fraction of sp³-hybridized carbons (Fsp3) is 0.241. The summed E-state index contributed by atoms with van der Waals surface area (Å²) in [5, 5.41) is 11.5. The molecule has 3 aromatic carbocycles. The lowest BCUT2D eigenvalue weighted by Crippen LogP contribution is -2.29. The summed E-state index contributed by atoms with van der Waals surface area (Å²) in [6.45, 7) is 6.44. The van der Waals surface area contributed by atoms with Crippen molar-refractivity contribution in [2.24, 2.45) is 0 Å². The Balaban J connectivity index is 1.95. The van der Waals surface area contributed by atoms with E-state index in [2.05, 4.69) is 0 Å². The number of nitrogens with zero attached hydrogens (tertiary/aromatic N) is 1. The zero-order valence-electron chi connectivity index (χ0n) is 20.8. The van der Waals surface area contributed by atoms with Crippen LogP contribution in [0.15, 0.2) is 72.3 Å². The van der Waals surface area contributed by atoms with Crippen molar-refractivity contribution < 1.29 is 28.9 Å². The monoisotopic (exact) mass is 487 g/mol. The summed E-state index contributed by atoms with van der Waals surface area (Å²) in [5.41, 5.74) is 2.46. The number of ether oxygens (including phenoxy) is 3. The Hall–Kier alpha value is -4.26. The number of aliphatic hydroxyl groups excluding tert-OH is 1. The summed E-state index contributed by atoms with van der Waals surface area (Å²) in [4.78, 5) is 28.2. The van der Waals surface area contributed by atoms with E-state index in [4.69, 9.17) is 14.2 Å². The molecule has 1 aliphatic heterocycles. The second-order valence-corrected chi connectivity index (χ2v) is 8.31. The van der Waals surface area contributed by atoms with Gasteiger partial charge in [-0.2, -0.15) is 0 Å². The smallest absolute Gasteiger partial charge is 0.300 e. The van der Waals surface area contributed by atoms with Crippen LogP contribution in [-0.2, 0) is 9.59 Å². The number of Topliss-reactive ketones (excluding diaryl/α,β-unsaturated/α-hetero) is 1. The van der Waals surface area contributed by atoms with Gasteiger partial charge in [-0.1, -0.05) is 29.8 Å². The Morgan fingerprint density at radius 3 is 2.31 bits per heavy atom.